The van der Waals surface area contributed by atoms with Crippen LogP contribution >= 0.6 is 15.9 Å². The van der Waals surface area contributed by atoms with Gasteiger partial charge in [-0.1, -0.05) is 70.9 Å². The van der Waals surface area contributed by atoms with E-state index in [2.05, 4.69) is 21.2 Å². The maximum absolute atomic E-state index is 13.9. The number of aryl methyl sites for hydroxylation is 2. The summed E-state index contributed by atoms with van der Waals surface area (Å²) in [4.78, 5) is 27.9. The molecule has 0 aliphatic heterocycles. The molecule has 0 aliphatic rings. The maximum atomic E-state index is 13.9. The van der Waals surface area contributed by atoms with E-state index in [4.69, 9.17) is 0 Å². The van der Waals surface area contributed by atoms with Crippen LogP contribution in [0.3, 0.4) is 0 Å². The monoisotopic (exact) mass is 585 g/mol. The van der Waals surface area contributed by atoms with E-state index in [0.29, 0.717) is 12.1 Å². The standard InChI is InChI=1S/C28H32BrN3O4S/c1-5-23-10-6-7-12-26(23)32(37(35,36)25-15-13-20(2)14-16-25)19-27(33)31(21(3)28(34)30-4)18-22-9-8-11-24(29)17-22/h6-17,21H,5,18-19H2,1-4H3,(H,30,34)/t21-/m0/s1. The lowest BCUT2D eigenvalue weighted by Gasteiger charge is -2.32. The Morgan fingerprint density at radius 1 is 1.00 bits per heavy atom. The molecule has 0 radical (unpaired) electrons. The maximum Gasteiger partial charge on any atom is 0.264 e. The van der Waals surface area contributed by atoms with Crippen LogP contribution in [0.1, 0.15) is 30.5 Å². The summed E-state index contributed by atoms with van der Waals surface area (Å²) in [6, 6.07) is 20.3. The average molecular weight is 587 g/mol. The molecular weight excluding hydrogens is 554 g/mol. The van der Waals surface area contributed by atoms with Crippen molar-refractivity contribution in [3.8, 4) is 0 Å². The predicted octanol–water partition coefficient (Wildman–Crippen LogP) is 4.68. The van der Waals surface area contributed by atoms with Crippen LogP contribution in [-0.4, -0.2) is 44.8 Å². The van der Waals surface area contributed by atoms with Crippen molar-refractivity contribution in [2.24, 2.45) is 0 Å². The van der Waals surface area contributed by atoms with Crippen LogP contribution in [0.5, 0.6) is 0 Å². The van der Waals surface area contributed by atoms with Gasteiger partial charge in [-0.2, -0.15) is 0 Å². The molecule has 196 valence electrons. The van der Waals surface area contributed by atoms with Gasteiger partial charge in [0.1, 0.15) is 12.6 Å². The summed E-state index contributed by atoms with van der Waals surface area (Å²) < 4.78 is 29.8. The lowest BCUT2D eigenvalue weighted by molar-refractivity contribution is -0.139. The van der Waals surface area contributed by atoms with Gasteiger partial charge in [0, 0.05) is 18.1 Å². The minimum Gasteiger partial charge on any atom is -0.357 e. The topological polar surface area (TPSA) is 86.8 Å². The summed E-state index contributed by atoms with van der Waals surface area (Å²) in [5.41, 5.74) is 2.97. The first kappa shape index (κ1) is 28.4. The summed E-state index contributed by atoms with van der Waals surface area (Å²) in [6.07, 6.45) is 0.584. The molecule has 37 heavy (non-hydrogen) atoms. The molecule has 0 fully saturated rings. The fourth-order valence-electron chi connectivity index (χ4n) is 4.03. The molecule has 3 aromatic carbocycles. The molecule has 0 aliphatic carbocycles. The lowest BCUT2D eigenvalue weighted by atomic mass is 10.1. The molecular formula is C28H32BrN3O4S. The van der Waals surface area contributed by atoms with Gasteiger partial charge in [-0.15, -0.1) is 0 Å². The number of hydrogen-bond acceptors (Lipinski definition) is 4. The number of carbonyl (C=O) groups excluding carboxylic acids is 2. The largest absolute Gasteiger partial charge is 0.357 e. The number of nitrogens with zero attached hydrogens (tertiary/aromatic N) is 2. The first-order chi connectivity index (χ1) is 17.6. The quantitative estimate of drug-likeness (QED) is 0.374. The zero-order valence-corrected chi connectivity index (χ0v) is 23.8. The Labute approximate surface area is 227 Å². The minimum absolute atomic E-state index is 0.0923. The first-order valence-corrected chi connectivity index (χ1v) is 14.2. The van der Waals surface area contributed by atoms with Crippen LogP contribution in [0.2, 0.25) is 0 Å². The van der Waals surface area contributed by atoms with Crippen molar-refractivity contribution >= 4 is 43.5 Å². The molecule has 0 aromatic heterocycles. The third-order valence-corrected chi connectivity index (χ3v) is 8.45. The molecule has 2 amide bonds. The first-order valence-electron chi connectivity index (χ1n) is 12.0. The Balaban J connectivity index is 2.07. The van der Waals surface area contributed by atoms with Crippen molar-refractivity contribution in [1.82, 2.24) is 10.2 Å². The Bertz CT molecular complexity index is 1360. The Morgan fingerprint density at radius 3 is 2.30 bits per heavy atom. The van der Waals surface area contributed by atoms with Crippen LogP contribution in [0.25, 0.3) is 0 Å². The number of hydrogen-bond donors (Lipinski definition) is 1. The molecule has 3 rings (SSSR count). The third-order valence-electron chi connectivity index (χ3n) is 6.18. The van der Waals surface area contributed by atoms with Crippen molar-refractivity contribution in [1.29, 1.82) is 0 Å². The van der Waals surface area contributed by atoms with Gasteiger partial charge in [-0.25, -0.2) is 8.42 Å². The van der Waals surface area contributed by atoms with Gasteiger partial charge >= 0.3 is 0 Å². The van der Waals surface area contributed by atoms with E-state index < -0.39 is 28.5 Å². The van der Waals surface area contributed by atoms with Crippen LogP contribution in [0.15, 0.2) is 82.2 Å². The molecule has 0 saturated carbocycles. The number of nitrogens with one attached hydrogen (secondary N) is 1. The lowest BCUT2D eigenvalue weighted by Crippen LogP contribution is -2.50. The van der Waals surface area contributed by atoms with E-state index in [-0.39, 0.29) is 17.3 Å². The van der Waals surface area contributed by atoms with Gasteiger partial charge in [-0.3, -0.25) is 13.9 Å². The van der Waals surface area contributed by atoms with Crippen LogP contribution < -0.4 is 9.62 Å². The van der Waals surface area contributed by atoms with Gasteiger partial charge in [-0.05, 0) is 61.7 Å². The summed E-state index contributed by atoms with van der Waals surface area (Å²) in [7, 11) is -2.58. The normalized spacial score (nSPS) is 12.0. The number of carbonyl (C=O) groups is 2. The summed E-state index contributed by atoms with van der Waals surface area (Å²) in [5.74, 6) is -0.831. The molecule has 9 heteroatoms. The molecule has 1 N–H and O–H groups in total. The second-order valence-electron chi connectivity index (χ2n) is 8.75. The number of rotatable bonds is 10. The Kier molecular flexibility index (Phi) is 9.50. The van der Waals surface area contributed by atoms with Crippen LogP contribution in [0.4, 0.5) is 5.69 Å². The number of halogens is 1. The third kappa shape index (κ3) is 6.78. The van der Waals surface area contributed by atoms with Gasteiger partial charge in [0.2, 0.25) is 11.8 Å². The predicted molar refractivity (Wildman–Crippen MR) is 150 cm³/mol. The summed E-state index contributed by atoms with van der Waals surface area (Å²) in [5, 5.41) is 2.59. The number of amides is 2. The highest BCUT2D eigenvalue weighted by Crippen LogP contribution is 2.28. The van der Waals surface area contributed by atoms with E-state index in [1.54, 1.807) is 43.3 Å². The van der Waals surface area contributed by atoms with Crippen LogP contribution in [0, 0.1) is 6.92 Å². The van der Waals surface area contributed by atoms with Crippen molar-refractivity contribution in [2.45, 2.75) is 44.7 Å². The number of sulfonamides is 1. The number of likely N-dealkylation sites (N-methyl/N-ethyl adjacent to an activating group) is 1. The molecule has 0 bridgehead atoms. The molecule has 1 atom stereocenters. The smallest absolute Gasteiger partial charge is 0.264 e. The SMILES string of the molecule is CCc1ccccc1N(CC(=O)N(Cc1cccc(Br)c1)[C@@H](C)C(=O)NC)S(=O)(=O)c1ccc(C)cc1. The molecule has 0 spiro atoms. The van der Waals surface area contributed by atoms with E-state index in [1.807, 2.05) is 50.2 Å². The Morgan fingerprint density at radius 2 is 1.68 bits per heavy atom. The van der Waals surface area contributed by atoms with E-state index in [0.717, 1.165) is 25.5 Å². The van der Waals surface area contributed by atoms with Crippen molar-refractivity contribution in [2.75, 3.05) is 17.9 Å². The minimum atomic E-state index is -4.09. The fraction of sp³-hybridized carbons (Fsp3) is 0.286. The van der Waals surface area contributed by atoms with E-state index >= 15 is 0 Å². The van der Waals surface area contributed by atoms with Gasteiger partial charge in [0.05, 0.1) is 10.6 Å². The number of benzene rings is 3. The van der Waals surface area contributed by atoms with Crippen molar-refractivity contribution in [3.05, 3.63) is 94.0 Å². The van der Waals surface area contributed by atoms with Crippen molar-refractivity contribution < 1.29 is 18.0 Å². The highest BCUT2D eigenvalue weighted by atomic mass is 79.9. The fourth-order valence-corrected chi connectivity index (χ4v) is 5.93. The second-order valence-corrected chi connectivity index (χ2v) is 11.5. The van der Waals surface area contributed by atoms with E-state index in [1.165, 1.54) is 11.9 Å². The molecule has 7 nitrogen and oxygen atoms in total. The van der Waals surface area contributed by atoms with Gasteiger partial charge in [0.15, 0.2) is 0 Å². The van der Waals surface area contributed by atoms with E-state index in [9.17, 15) is 18.0 Å². The molecule has 0 saturated heterocycles. The van der Waals surface area contributed by atoms with Gasteiger partial charge < -0.3 is 10.2 Å². The zero-order valence-electron chi connectivity index (χ0n) is 21.4. The second kappa shape index (κ2) is 12.4. The molecule has 3 aromatic rings. The van der Waals surface area contributed by atoms with Gasteiger partial charge in [0.25, 0.3) is 10.0 Å². The number of anilines is 1. The summed E-state index contributed by atoms with van der Waals surface area (Å²) >= 11 is 3.44. The average Bonchev–Trinajstić information content (AvgIpc) is 2.89. The van der Waals surface area contributed by atoms with Crippen molar-refractivity contribution in [3.63, 3.8) is 0 Å². The Hall–Kier alpha value is -3.17. The number of para-hydroxylation sites is 1. The molecule has 0 unspecified atom stereocenters. The highest BCUT2D eigenvalue weighted by molar-refractivity contribution is 9.10. The zero-order chi connectivity index (χ0) is 27.2. The van der Waals surface area contributed by atoms with Crippen LogP contribution in [-0.2, 0) is 32.6 Å². The summed E-state index contributed by atoms with van der Waals surface area (Å²) in [6.45, 7) is 5.13. The molecule has 0 heterocycles. The highest BCUT2D eigenvalue weighted by Gasteiger charge is 2.33.